The van der Waals surface area contributed by atoms with Crippen molar-refractivity contribution in [3.63, 3.8) is 0 Å². The van der Waals surface area contributed by atoms with Crippen LogP contribution in [0.25, 0.3) is 0 Å². The van der Waals surface area contributed by atoms with Crippen molar-refractivity contribution in [3.05, 3.63) is 29.3 Å². The van der Waals surface area contributed by atoms with Crippen molar-refractivity contribution in [1.29, 1.82) is 0 Å². The third-order valence-corrected chi connectivity index (χ3v) is 4.12. The van der Waals surface area contributed by atoms with E-state index in [-0.39, 0.29) is 6.10 Å². The Labute approximate surface area is 109 Å². The van der Waals surface area contributed by atoms with Crippen LogP contribution in [0.2, 0.25) is 0 Å². The second-order valence-corrected chi connectivity index (χ2v) is 5.67. The van der Waals surface area contributed by atoms with E-state index in [4.69, 9.17) is 0 Å². The monoisotopic (exact) mass is 246 g/mol. The molecule has 98 valence electrons. The zero-order valence-corrected chi connectivity index (χ0v) is 11.0. The highest BCUT2D eigenvalue weighted by atomic mass is 16.3. The van der Waals surface area contributed by atoms with Crippen LogP contribution in [0.15, 0.2) is 18.2 Å². The second kappa shape index (κ2) is 4.90. The minimum absolute atomic E-state index is 0.148. The Kier molecular flexibility index (Phi) is 3.27. The van der Waals surface area contributed by atoms with Crippen molar-refractivity contribution in [2.75, 3.05) is 25.0 Å². The fourth-order valence-electron chi connectivity index (χ4n) is 2.74. The van der Waals surface area contributed by atoms with E-state index in [1.165, 1.54) is 29.7 Å². The maximum Gasteiger partial charge on any atom is 0.0692 e. The van der Waals surface area contributed by atoms with Gasteiger partial charge in [0.15, 0.2) is 0 Å². The molecule has 1 aliphatic carbocycles. The summed E-state index contributed by atoms with van der Waals surface area (Å²) < 4.78 is 0. The van der Waals surface area contributed by atoms with E-state index in [1.54, 1.807) is 0 Å². The average molecular weight is 246 g/mol. The van der Waals surface area contributed by atoms with Gasteiger partial charge in [-0.3, -0.25) is 0 Å². The molecule has 2 N–H and O–H groups in total. The first kappa shape index (κ1) is 12.0. The standard InChI is InChI=1S/C15H22N2O/c1-17-7-6-13-8-11(2-5-14(13)17)9-16-10-15(18)12-3-4-12/h2,5,8,12,15-16,18H,3-4,6-7,9-10H2,1H3. The lowest BCUT2D eigenvalue weighted by Gasteiger charge is -2.13. The summed E-state index contributed by atoms with van der Waals surface area (Å²) in [5.41, 5.74) is 4.16. The van der Waals surface area contributed by atoms with Crippen LogP contribution in [-0.4, -0.2) is 31.3 Å². The van der Waals surface area contributed by atoms with E-state index in [0.29, 0.717) is 5.92 Å². The summed E-state index contributed by atoms with van der Waals surface area (Å²) in [6.45, 7) is 2.72. The minimum Gasteiger partial charge on any atom is -0.392 e. The summed E-state index contributed by atoms with van der Waals surface area (Å²) in [5.74, 6) is 0.561. The molecule has 1 heterocycles. The Balaban J connectivity index is 1.53. The molecule has 1 saturated carbocycles. The van der Waals surface area contributed by atoms with Gasteiger partial charge in [0.05, 0.1) is 6.10 Å². The molecule has 2 aliphatic rings. The van der Waals surface area contributed by atoms with Gasteiger partial charge in [0, 0.05) is 32.4 Å². The maximum atomic E-state index is 9.79. The molecule has 1 aliphatic heterocycles. The normalized spacial score (nSPS) is 20.0. The van der Waals surface area contributed by atoms with Crippen molar-refractivity contribution in [2.24, 2.45) is 5.92 Å². The minimum atomic E-state index is -0.148. The van der Waals surface area contributed by atoms with Crippen molar-refractivity contribution in [3.8, 4) is 0 Å². The lowest BCUT2D eigenvalue weighted by atomic mass is 10.1. The number of anilines is 1. The van der Waals surface area contributed by atoms with Gasteiger partial charge in [-0.1, -0.05) is 12.1 Å². The zero-order chi connectivity index (χ0) is 12.5. The number of hydrogen-bond donors (Lipinski definition) is 2. The molecule has 0 aromatic heterocycles. The van der Waals surface area contributed by atoms with Crippen LogP contribution < -0.4 is 10.2 Å². The quantitative estimate of drug-likeness (QED) is 0.827. The topological polar surface area (TPSA) is 35.5 Å². The van der Waals surface area contributed by atoms with Crippen LogP contribution in [0.5, 0.6) is 0 Å². The summed E-state index contributed by atoms with van der Waals surface area (Å²) >= 11 is 0. The summed E-state index contributed by atoms with van der Waals surface area (Å²) in [4.78, 5) is 2.31. The number of hydrogen-bond acceptors (Lipinski definition) is 3. The van der Waals surface area contributed by atoms with Gasteiger partial charge >= 0.3 is 0 Å². The first-order valence-electron chi connectivity index (χ1n) is 6.96. The van der Waals surface area contributed by atoms with Gasteiger partial charge in [0.25, 0.3) is 0 Å². The van der Waals surface area contributed by atoms with E-state index in [2.05, 4.69) is 35.5 Å². The molecule has 3 heteroatoms. The number of aliphatic hydroxyl groups is 1. The molecular weight excluding hydrogens is 224 g/mol. The lowest BCUT2D eigenvalue weighted by Crippen LogP contribution is -2.27. The number of aliphatic hydroxyl groups excluding tert-OH is 1. The van der Waals surface area contributed by atoms with Gasteiger partial charge in [0.2, 0.25) is 0 Å². The zero-order valence-electron chi connectivity index (χ0n) is 11.0. The summed E-state index contributed by atoms with van der Waals surface area (Å²) in [5, 5.41) is 13.1. The molecule has 1 aromatic carbocycles. The molecule has 0 saturated heterocycles. The fourth-order valence-corrected chi connectivity index (χ4v) is 2.74. The highest BCUT2D eigenvalue weighted by molar-refractivity contribution is 5.58. The van der Waals surface area contributed by atoms with Gasteiger partial charge in [-0.2, -0.15) is 0 Å². The van der Waals surface area contributed by atoms with Crippen molar-refractivity contribution < 1.29 is 5.11 Å². The van der Waals surface area contributed by atoms with E-state index >= 15 is 0 Å². The van der Waals surface area contributed by atoms with Crippen LogP contribution in [0, 0.1) is 5.92 Å². The maximum absolute atomic E-state index is 9.79. The molecule has 0 spiro atoms. The number of rotatable bonds is 5. The number of nitrogens with zero attached hydrogens (tertiary/aromatic N) is 1. The second-order valence-electron chi connectivity index (χ2n) is 5.67. The summed E-state index contributed by atoms with van der Waals surface area (Å²) in [6.07, 6.45) is 3.41. The number of benzene rings is 1. The Morgan fingerprint density at radius 1 is 1.44 bits per heavy atom. The van der Waals surface area contributed by atoms with Crippen molar-refractivity contribution in [2.45, 2.75) is 31.9 Å². The summed E-state index contributed by atoms with van der Waals surface area (Å²) in [6, 6.07) is 6.71. The van der Waals surface area contributed by atoms with Gasteiger partial charge in [-0.25, -0.2) is 0 Å². The molecule has 0 radical (unpaired) electrons. The van der Waals surface area contributed by atoms with Crippen molar-refractivity contribution in [1.82, 2.24) is 5.32 Å². The highest BCUT2D eigenvalue weighted by Crippen LogP contribution is 2.32. The average Bonchev–Trinajstić information content (AvgIpc) is 3.15. The van der Waals surface area contributed by atoms with E-state index < -0.39 is 0 Å². The predicted molar refractivity (Wildman–Crippen MR) is 73.9 cm³/mol. The first-order chi connectivity index (χ1) is 8.74. The predicted octanol–water partition coefficient (Wildman–Crippen LogP) is 1.54. The summed E-state index contributed by atoms with van der Waals surface area (Å²) in [7, 11) is 2.15. The molecule has 1 atom stereocenters. The Morgan fingerprint density at radius 2 is 2.28 bits per heavy atom. The number of likely N-dealkylation sites (N-methyl/N-ethyl adjacent to an activating group) is 1. The van der Waals surface area contributed by atoms with Crippen LogP contribution in [0.3, 0.4) is 0 Å². The van der Waals surface area contributed by atoms with E-state index in [9.17, 15) is 5.11 Å². The van der Waals surface area contributed by atoms with E-state index in [0.717, 1.165) is 26.1 Å². The molecule has 1 aromatic rings. The molecule has 1 fully saturated rings. The molecular formula is C15H22N2O. The third-order valence-electron chi connectivity index (χ3n) is 4.12. The third kappa shape index (κ3) is 2.52. The molecule has 0 amide bonds. The Bertz CT molecular complexity index is 429. The molecule has 1 unspecified atom stereocenters. The van der Waals surface area contributed by atoms with Gasteiger partial charge in [-0.15, -0.1) is 0 Å². The smallest absolute Gasteiger partial charge is 0.0692 e. The largest absolute Gasteiger partial charge is 0.392 e. The van der Waals surface area contributed by atoms with Gasteiger partial charge < -0.3 is 15.3 Å². The molecule has 18 heavy (non-hydrogen) atoms. The van der Waals surface area contributed by atoms with Gasteiger partial charge in [0.1, 0.15) is 0 Å². The van der Waals surface area contributed by atoms with E-state index in [1.807, 2.05) is 0 Å². The highest BCUT2D eigenvalue weighted by Gasteiger charge is 2.29. The molecule has 3 nitrogen and oxygen atoms in total. The molecule has 0 bridgehead atoms. The Hall–Kier alpha value is -1.06. The Morgan fingerprint density at radius 3 is 3.06 bits per heavy atom. The number of fused-ring (bicyclic) bond motifs is 1. The van der Waals surface area contributed by atoms with Crippen molar-refractivity contribution >= 4 is 5.69 Å². The fraction of sp³-hybridized carbons (Fsp3) is 0.600. The van der Waals surface area contributed by atoms with Crippen LogP contribution in [0.1, 0.15) is 24.0 Å². The van der Waals surface area contributed by atoms with Crippen LogP contribution in [-0.2, 0) is 13.0 Å². The SMILES string of the molecule is CN1CCc2cc(CNCC(O)C3CC3)ccc21. The van der Waals surface area contributed by atoms with Crippen LogP contribution in [0.4, 0.5) is 5.69 Å². The van der Waals surface area contributed by atoms with Crippen LogP contribution >= 0.6 is 0 Å². The first-order valence-corrected chi connectivity index (χ1v) is 6.96. The lowest BCUT2D eigenvalue weighted by molar-refractivity contribution is 0.148. The number of nitrogens with one attached hydrogen (secondary N) is 1. The van der Waals surface area contributed by atoms with Gasteiger partial charge in [-0.05, 0) is 42.4 Å². The molecule has 3 rings (SSSR count).